The molecule has 0 spiro atoms. The summed E-state index contributed by atoms with van der Waals surface area (Å²) in [5, 5.41) is 3.35. The molecule has 0 aromatic heterocycles. The van der Waals surface area contributed by atoms with Gasteiger partial charge >= 0.3 is 5.97 Å². The molecule has 2 atom stereocenters. The molecule has 4 heteroatoms. The van der Waals surface area contributed by atoms with Crippen molar-refractivity contribution in [2.45, 2.75) is 32.8 Å². The van der Waals surface area contributed by atoms with Crippen LogP contribution in [0.3, 0.4) is 0 Å². The third-order valence-corrected chi connectivity index (χ3v) is 3.97. The molecule has 1 saturated heterocycles. The van der Waals surface area contributed by atoms with Gasteiger partial charge in [0.1, 0.15) is 12.4 Å². The molecule has 1 aliphatic heterocycles. The van der Waals surface area contributed by atoms with Crippen molar-refractivity contribution in [2.75, 3.05) is 13.1 Å². The Morgan fingerprint density at radius 3 is 3.00 bits per heavy atom. The molecule has 1 aliphatic rings. The number of hydrogen-bond acceptors (Lipinski definition) is 3. The maximum Gasteiger partial charge on any atom is 0.306 e. The fraction of sp³-hybridized carbons (Fsp3) is 0.562. The van der Waals surface area contributed by atoms with Crippen LogP contribution in [0.2, 0.25) is 0 Å². The lowest BCUT2D eigenvalue weighted by Crippen LogP contribution is -2.34. The first-order valence-electron chi connectivity index (χ1n) is 7.26. The highest BCUT2D eigenvalue weighted by Gasteiger charge is 2.22. The summed E-state index contributed by atoms with van der Waals surface area (Å²) in [4.78, 5) is 11.8. The number of rotatable bonds is 5. The van der Waals surface area contributed by atoms with Gasteiger partial charge in [0, 0.05) is 12.0 Å². The molecule has 0 amide bonds. The van der Waals surface area contributed by atoms with E-state index in [1.807, 2.05) is 0 Å². The van der Waals surface area contributed by atoms with Crippen LogP contribution >= 0.6 is 0 Å². The van der Waals surface area contributed by atoms with Crippen LogP contribution in [0.5, 0.6) is 0 Å². The van der Waals surface area contributed by atoms with E-state index in [-0.39, 0.29) is 18.4 Å². The molecular formula is C16H22FNO2. The van der Waals surface area contributed by atoms with E-state index in [1.165, 1.54) is 12.5 Å². The molecule has 1 heterocycles. The second kappa shape index (κ2) is 7.39. The van der Waals surface area contributed by atoms with Crippen molar-refractivity contribution >= 4 is 5.97 Å². The summed E-state index contributed by atoms with van der Waals surface area (Å²) in [6.45, 7) is 4.14. The molecule has 0 saturated carbocycles. The van der Waals surface area contributed by atoms with Crippen molar-refractivity contribution in [1.29, 1.82) is 0 Å². The smallest absolute Gasteiger partial charge is 0.306 e. The van der Waals surface area contributed by atoms with Crippen molar-refractivity contribution in [3.05, 3.63) is 35.6 Å². The van der Waals surface area contributed by atoms with Crippen molar-refractivity contribution in [3.63, 3.8) is 0 Å². The fourth-order valence-corrected chi connectivity index (χ4v) is 2.63. The largest absolute Gasteiger partial charge is 0.461 e. The first kappa shape index (κ1) is 15.0. The second-order valence-electron chi connectivity index (χ2n) is 5.54. The number of esters is 1. The molecule has 1 fully saturated rings. The standard InChI is InChI=1S/C16H22FNO2/c1-12(13-6-4-8-18-10-13)9-16(19)20-11-14-5-2-3-7-15(14)17/h2-3,5,7,12-13,18H,4,6,8-11H2,1H3. The van der Waals surface area contributed by atoms with E-state index < -0.39 is 0 Å². The van der Waals surface area contributed by atoms with Gasteiger partial charge in [-0.3, -0.25) is 4.79 Å². The van der Waals surface area contributed by atoms with Crippen molar-refractivity contribution in [2.24, 2.45) is 11.8 Å². The van der Waals surface area contributed by atoms with E-state index in [1.54, 1.807) is 18.2 Å². The van der Waals surface area contributed by atoms with Crippen LogP contribution in [-0.4, -0.2) is 19.1 Å². The zero-order valence-electron chi connectivity index (χ0n) is 11.9. The van der Waals surface area contributed by atoms with Gasteiger partial charge in [-0.1, -0.05) is 25.1 Å². The predicted octanol–water partition coefficient (Wildman–Crippen LogP) is 2.89. The van der Waals surface area contributed by atoms with Gasteiger partial charge in [-0.05, 0) is 43.8 Å². The van der Waals surface area contributed by atoms with Crippen LogP contribution in [0.1, 0.15) is 31.7 Å². The number of nitrogens with one attached hydrogen (secondary N) is 1. The Morgan fingerprint density at radius 1 is 1.50 bits per heavy atom. The summed E-state index contributed by atoms with van der Waals surface area (Å²) in [6, 6.07) is 6.37. The van der Waals surface area contributed by atoms with Gasteiger partial charge in [0.15, 0.2) is 0 Å². The second-order valence-corrected chi connectivity index (χ2v) is 5.54. The molecule has 1 N–H and O–H groups in total. The summed E-state index contributed by atoms with van der Waals surface area (Å²) in [5.41, 5.74) is 0.424. The number of piperidine rings is 1. The average molecular weight is 279 g/mol. The molecular weight excluding hydrogens is 257 g/mol. The van der Waals surface area contributed by atoms with Crippen LogP contribution in [0, 0.1) is 17.7 Å². The van der Waals surface area contributed by atoms with Gasteiger partial charge in [0.05, 0.1) is 0 Å². The Kier molecular flexibility index (Phi) is 5.53. The quantitative estimate of drug-likeness (QED) is 0.842. The van der Waals surface area contributed by atoms with Crippen molar-refractivity contribution < 1.29 is 13.9 Å². The Bertz CT molecular complexity index is 444. The summed E-state index contributed by atoms with van der Waals surface area (Å²) in [6.07, 6.45) is 2.73. The molecule has 2 rings (SSSR count). The van der Waals surface area contributed by atoms with E-state index in [0.717, 1.165) is 19.5 Å². The lowest BCUT2D eigenvalue weighted by Gasteiger charge is -2.27. The number of halogens is 1. The first-order valence-corrected chi connectivity index (χ1v) is 7.26. The summed E-state index contributed by atoms with van der Waals surface area (Å²) in [7, 11) is 0. The van der Waals surface area contributed by atoms with Gasteiger partial charge in [0.25, 0.3) is 0 Å². The van der Waals surface area contributed by atoms with E-state index in [2.05, 4.69) is 12.2 Å². The molecule has 0 aliphatic carbocycles. The third kappa shape index (κ3) is 4.30. The zero-order valence-corrected chi connectivity index (χ0v) is 11.9. The Morgan fingerprint density at radius 2 is 2.30 bits per heavy atom. The third-order valence-electron chi connectivity index (χ3n) is 3.97. The number of carbonyl (C=O) groups excluding carboxylic acids is 1. The van der Waals surface area contributed by atoms with E-state index >= 15 is 0 Å². The lowest BCUT2D eigenvalue weighted by molar-refractivity contribution is -0.146. The van der Waals surface area contributed by atoms with E-state index in [9.17, 15) is 9.18 Å². The van der Waals surface area contributed by atoms with Gasteiger partial charge in [-0.25, -0.2) is 4.39 Å². The van der Waals surface area contributed by atoms with Crippen LogP contribution in [0.15, 0.2) is 24.3 Å². The van der Waals surface area contributed by atoms with Gasteiger partial charge < -0.3 is 10.1 Å². The monoisotopic (exact) mass is 279 g/mol. The summed E-state index contributed by atoms with van der Waals surface area (Å²) >= 11 is 0. The Labute approximate surface area is 119 Å². The Hall–Kier alpha value is -1.42. The maximum atomic E-state index is 13.4. The highest BCUT2D eigenvalue weighted by molar-refractivity contribution is 5.69. The van der Waals surface area contributed by atoms with E-state index in [0.29, 0.717) is 23.8 Å². The fourth-order valence-electron chi connectivity index (χ4n) is 2.63. The molecule has 0 bridgehead atoms. The molecule has 2 unspecified atom stereocenters. The van der Waals surface area contributed by atoms with Crippen LogP contribution in [0.25, 0.3) is 0 Å². The molecule has 1 aromatic rings. The number of benzene rings is 1. The predicted molar refractivity (Wildman–Crippen MR) is 75.6 cm³/mol. The molecule has 0 radical (unpaired) electrons. The van der Waals surface area contributed by atoms with Crippen molar-refractivity contribution in [3.8, 4) is 0 Å². The van der Waals surface area contributed by atoms with Crippen molar-refractivity contribution in [1.82, 2.24) is 5.32 Å². The van der Waals surface area contributed by atoms with Crippen LogP contribution in [-0.2, 0) is 16.1 Å². The van der Waals surface area contributed by atoms with E-state index in [4.69, 9.17) is 4.74 Å². The minimum absolute atomic E-state index is 0.0150. The highest BCUT2D eigenvalue weighted by Crippen LogP contribution is 2.23. The first-order chi connectivity index (χ1) is 9.66. The van der Waals surface area contributed by atoms with Gasteiger partial charge in [-0.2, -0.15) is 0 Å². The van der Waals surface area contributed by atoms with Crippen LogP contribution in [0.4, 0.5) is 4.39 Å². The molecule has 3 nitrogen and oxygen atoms in total. The molecule has 1 aromatic carbocycles. The normalized spacial score (nSPS) is 20.4. The SMILES string of the molecule is CC(CC(=O)OCc1ccccc1F)C1CCCNC1. The number of carbonyl (C=O) groups is 1. The molecule has 20 heavy (non-hydrogen) atoms. The highest BCUT2D eigenvalue weighted by atomic mass is 19.1. The van der Waals surface area contributed by atoms with Gasteiger partial charge in [-0.15, -0.1) is 0 Å². The Balaban J connectivity index is 1.76. The van der Waals surface area contributed by atoms with Gasteiger partial charge in [0.2, 0.25) is 0 Å². The number of ether oxygens (including phenoxy) is 1. The number of hydrogen-bond donors (Lipinski definition) is 1. The zero-order chi connectivity index (χ0) is 14.4. The van der Waals surface area contributed by atoms with Crippen LogP contribution < -0.4 is 5.32 Å². The molecule has 110 valence electrons. The average Bonchev–Trinajstić information content (AvgIpc) is 2.47. The minimum atomic E-state index is -0.329. The maximum absolute atomic E-state index is 13.4. The minimum Gasteiger partial charge on any atom is -0.461 e. The topological polar surface area (TPSA) is 38.3 Å². The summed E-state index contributed by atoms with van der Waals surface area (Å²) in [5.74, 6) is 0.261. The summed E-state index contributed by atoms with van der Waals surface area (Å²) < 4.78 is 18.6. The lowest BCUT2D eigenvalue weighted by atomic mass is 9.85.